The number of halogens is 1. The first-order valence-electron chi connectivity index (χ1n) is 9.63. The van der Waals surface area contributed by atoms with Gasteiger partial charge >= 0.3 is 0 Å². The van der Waals surface area contributed by atoms with Crippen molar-refractivity contribution in [1.82, 2.24) is 10.3 Å². The molecule has 0 spiro atoms. The van der Waals surface area contributed by atoms with Crippen LogP contribution in [-0.4, -0.2) is 30.6 Å². The van der Waals surface area contributed by atoms with Crippen LogP contribution in [-0.2, 0) is 17.6 Å². The average Bonchev–Trinajstić information content (AvgIpc) is 3.27. The Balaban J connectivity index is 1.38. The van der Waals surface area contributed by atoms with Crippen molar-refractivity contribution >= 4 is 41.2 Å². The molecule has 29 heavy (non-hydrogen) atoms. The van der Waals surface area contributed by atoms with Gasteiger partial charge in [-0.3, -0.25) is 9.59 Å². The SMILES string of the molecule is O=C1NN=CC2CNc3cc(NC(=O)[C@H](NCl)C4Cc5ccccc5C4)cc1c32. The molecule has 2 amide bonds. The first-order chi connectivity index (χ1) is 14.1. The normalized spacial score (nSPS) is 20.3. The van der Waals surface area contributed by atoms with Crippen molar-refractivity contribution in [2.75, 3.05) is 17.2 Å². The predicted octanol–water partition coefficient (Wildman–Crippen LogP) is 2.39. The zero-order valence-electron chi connectivity index (χ0n) is 15.5. The number of nitrogens with zero attached hydrogens (tertiary/aromatic N) is 1. The van der Waals surface area contributed by atoms with Crippen molar-refractivity contribution in [2.45, 2.75) is 24.8 Å². The standard InChI is InChI=1S/C21H20ClN5O2/c22-26-19(13-5-11-3-1-2-4-12(11)6-13)21(29)25-15-7-16-18-14(9-23-17(18)8-15)10-24-27-20(16)28/h1-4,7-8,10,13-14,19,23,26H,5-6,9H2,(H,25,29)(H,27,28)/t14?,19-/m1/s1. The number of amides is 2. The summed E-state index contributed by atoms with van der Waals surface area (Å²) in [6.07, 6.45) is 3.33. The van der Waals surface area contributed by atoms with Crippen molar-refractivity contribution < 1.29 is 9.59 Å². The Morgan fingerprint density at radius 1 is 1.21 bits per heavy atom. The second-order valence-corrected chi connectivity index (χ2v) is 7.92. The Morgan fingerprint density at radius 2 is 1.97 bits per heavy atom. The van der Waals surface area contributed by atoms with Crippen molar-refractivity contribution in [3.63, 3.8) is 0 Å². The van der Waals surface area contributed by atoms with Gasteiger partial charge in [0.15, 0.2) is 0 Å². The zero-order valence-corrected chi connectivity index (χ0v) is 16.3. The minimum atomic E-state index is -0.547. The number of benzene rings is 2. The molecule has 0 radical (unpaired) electrons. The molecule has 7 nitrogen and oxygen atoms in total. The van der Waals surface area contributed by atoms with Gasteiger partial charge < -0.3 is 10.6 Å². The maximum atomic E-state index is 13.0. The van der Waals surface area contributed by atoms with E-state index in [0.717, 1.165) is 24.1 Å². The molecule has 148 valence electrons. The summed E-state index contributed by atoms with van der Waals surface area (Å²) in [5, 5.41) is 10.2. The Labute approximate surface area is 173 Å². The summed E-state index contributed by atoms with van der Waals surface area (Å²) in [5.41, 5.74) is 7.87. The number of hydrogen-bond donors (Lipinski definition) is 4. The number of nitrogens with one attached hydrogen (secondary N) is 4. The molecule has 5 rings (SSSR count). The molecule has 2 aromatic carbocycles. The van der Waals surface area contributed by atoms with Gasteiger partial charge in [0.2, 0.25) is 5.91 Å². The lowest BCUT2D eigenvalue weighted by molar-refractivity contribution is -0.118. The topological polar surface area (TPSA) is 94.6 Å². The van der Waals surface area contributed by atoms with E-state index in [1.54, 1.807) is 12.3 Å². The Kier molecular flexibility index (Phi) is 4.49. The van der Waals surface area contributed by atoms with Crippen molar-refractivity contribution in [3.8, 4) is 0 Å². The number of hydrogen-bond acceptors (Lipinski definition) is 5. The van der Waals surface area contributed by atoms with E-state index < -0.39 is 6.04 Å². The predicted molar refractivity (Wildman–Crippen MR) is 112 cm³/mol. The largest absolute Gasteiger partial charge is 0.384 e. The van der Waals surface area contributed by atoms with Gasteiger partial charge in [0.1, 0.15) is 6.04 Å². The van der Waals surface area contributed by atoms with Crippen molar-refractivity contribution in [2.24, 2.45) is 11.0 Å². The molecule has 2 aromatic rings. The number of carbonyl (C=O) groups is 2. The molecular formula is C21H20ClN5O2. The summed E-state index contributed by atoms with van der Waals surface area (Å²) in [5.74, 6) is -0.388. The molecule has 2 heterocycles. The highest BCUT2D eigenvalue weighted by molar-refractivity contribution is 6.16. The van der Waals surface area contributed by atoms with E-state index in [4.69, 9.17) is 11.8 Å². The minimum absolute atomic E-state index is 0.0398. The molecule has 0 saturated carbocycles. The Bertz CT molecular complexity index is 1010. The van der Waals surface area contributed by atoms with E-state index in [0.29, 0.717) is 17.8 Å². The van der Waals surface area contributed by atoms with E-state index in [1.165, 1.54) is 11.1 Å². The van der Waals surface area contributed by atoms with Crippen LogP contribution in [0.25, 0.3) is 0 Å². The lowest BCUT2D eigenvalue weighted by Crippen LogP contribution is -2.42. The first-order valence-corrected chi connectivity index (χ1v) is 10.0. The molecule has 8 heteroatoms. The monoisotopic (exact) mass is 409 g/mol. The number of anilines is 2. The molecule has 2 atom stereocenters. The molecule has 0 aromatic heterocycles. The summed E-state index contributed by atoms with van der Waals surface area (Å²) in [6, 6.07) is 11.2. The maximum Gasteiger partial charge on any atom is 0.271 e. The smallest absolute Gasteiger partial charge is 0.271 e. The van der Waals surface area contributed by atoms with Crippen molar-refractivity contribution in [1.29, 1.82) is 0 Å². The number of rotatable bonds is 4. The lowest BCUT2D eigenvalue weighted by atomic mass is 9.95. The number of fused-ring (bicyclic) bond motifs is 1. The van der Waals surface area contributed by atoms with Crippen LogP contribution >= 0.6 is 11.8 Å². The molecule has 0 saturated heterocycles. The molecule has 0 fully saturated rings. The van der Waals surface area contributed by atoms with Gasteiger partial charge in [-0.1, -0.05) is 24.3 Å². The quantitative estimate of drug-likeness (QED) is 0.583. The zero-order chi connectivity index (χ0) is 20.0. The molecule has 4 N–H and O–H groups in total. The van der Waals surface area contributed by atoms with Gasteiger partial charge in [0.25, 0.3) is 5.91 Å². The first kappa shape index (κ1) is 18.1. The van der Waals surface area contributed by atoms with E-state index in [-0.39, 0.29) is 23.7 Å². The van der Waals surface area contributed by atoms with Crippen LogP contribution in [0.1, 0.15) is 33.0 Å². The number of carbonyl (C=O) groups excluding carboxylic acids is 2. The van der Waals surface area contributed by atoms with Gasteiger partial charge in [0, 0.05) is 35.6 Å². The lowest BCUT2D eigenvalue weighted by Gasteiger charge is -2.21. The van der Waals surface area contributed by atoms with E-state index in [2.05, 4.69) is 38.1 Å². The van der Waals surface area contributed by atoms with Gasteiger partial charge in [0.05, 0.1) is 0 Å². The van der Waals surface area contributed by atoms with Crippen LogP contribution in [0.5, 0.6) is 0 Å². The van der Waals surface area contributed by atoms with Gasteiger partial charge in [-0.2, -0.15) is 5.10 Å². The van der Waals surface area contributed by atoms with Gasteiger partial charge in [-0.05, 0) is 59.4 Å². The average molecular weight is 410 g/mol. The Hall–Kier alpha value is -2.90. The summed E-state index contributed by atoms with van der Waals surface area (Å²) in [6.45, 7) is 0.671. The highest BCUT2D eigenvalue weighted by atomic mass is 35.5. The molecule has 0 bridgehead atoms. The summed E-state index contributed by atoms with van der Waals surface area (Å²) < 4.78 is 0. The molecule has 1 aliphatic carbocycles. The van der Waals surface area contributed by atoms with E-state index >= 15 is 0 Å². The third-order valence-corrected chi connectivity index (χ3v) is 6.19. The summed E-state index contributed by atoms with van der Waals surface area (Å²) in [7, 11) is 0. The summed E-state index contributed by atoms with van der Waals surface area (Å²) >= 11 is 5.97. The van der Waals surface area contributed by atoms with Crippen LogP contribution in [0, 0.1) is 5.92 Å². The van der Waals surface area contributed by atoms with Crippen LogP contribution in [0.4, 0.5) is 11.4 Å². The number of hydrazone groups is 1. The molecule has 2 aliphatic heterocycles. The summed E-state index contributed by atoms with van der Waals surface area (Å²) in [4.78, 5) is 28.1. The van der Waals surface area contributed by atoms with Gasteiger partial charge in [-0.25, -0.2) is 10.3 Å². The third kappa shape index (κ3) is 3.16. The molecular weight excluding hydrogens is 390 g/mol. The fraction of sp³-hybridized carbons (Fsp3) is 0.286. The third-order valence-electron chi connectivity index (χ3n) is 5.95. The van der Waals surface area contributed by atoms with Crippen molar-refractivity contribution in [3.05, 3.63) is 58.7 Å². The van der Waals surface area contributed by atoms with Crippen LogP contribution < -0.4 is 20.9 Å². The fourth-order valence-corrected chi connectivity index (χ4v) is 4.83. The maximum absolute atomic E-state index is 13.0. The van der Waals surface area contributed by atoms with Gasteiger partial charge in [-0.15, -0.1) is 0 Å². The Morgan fingerprint density at radius 3 is 2.69 bits per heavy atom. The van der Waals surface area contributed by atoms with E-state index in [1.807, 2.05) is 18.2 Å². The fourth-order valence-electron chi connectivity index (χ4n) is 4.56. The van der Waals surface area contributed by atoms with Crippen LogP contribution in [0.3, 0.4) is 0 Å². The molecule has 3 aliphatic rings. The molecule has 1 unspecified atom stereocenters. The highest BCUT2D eigenvalue weighted by Crippen LogP contribution is 2.37. The second kappa shape index (κ2) is 7.17. The van der Waals surface area contributed by atoms with Crippen LogP contribution in [0.15, 0.2) is 41.5 Å². The van der Waals surface area contributed by atoms with E-state index in [9.17, 15) is 9.59 Å². The van der Waals surface area contributed by atoms with Crippen LogP contribution in [0.2, 0.25) is 0 Å². The highest BCUT2D eigenvalue weighted by Gasteiger charge is 2.34. The second-order valence-electron chi connectivity index (χ2n) is 7.70. The minimum Gasteiger partial charge on any atom is -0.384 e.